The van der Waals surface area contributed by atoms with Gasteiger partial charge in [-0.1, -0.05) is 68.4 Å². The number of imidazole rings is 2. The van der Waals surface area contributed by atoms with Crippen molar-refractivity contribution in [2.45, 2.75) is 70.5 Å². The number of halogens is 1. The van der Waals surface area contributed by atoms with Crippen LogP contribution in [0.3, 0.4) is 0 Å². The Morgan fingerprint density at radius 1 is 0.857 bits per heavy atom. The maximum atomic E-state index is 14.1. The summed E-state index contributed by atoms with van der Waals surface area (Å²) < 4.78 is 18.9. The van der Waals surface area contributed by atoms with Crippen LogP contribution in [0.2, 0.25) is 0 Å². The summed E-state index contributed by atoms with van der Waals surface area (Å²) in [4.78, 5) is 60.9. The van der Waals surface area contributed by atoms with Crippen LogP contribution in [0.15, 0.2) is 79.3 Å². The lowest BCUT2D eigenvalue weighted by Gasteiger charge is -2.30. The molecule has 0 radical (unpaired) electrons. The first-order chi connectivity index (χ1) is 27.2. The van der Waals surface area contributed by atoms with E-state index in [2.05, 4.69) is 79.1 Å². The Morgan fingerprint density at radius 2 is 1.48 bits per heavy atom. The third kappa shape index (κ3) is 7.29. The average Bonchev–Trinajstić information content (AvgIpc) is 4.08. The number of methoxy groups -OCH3 is 1. The number of likely N-dealkylation sites (tertiary alicyclic amines) is 1. The number of hydrogen-bond acceptors (Lipinski definition) is 7. The van der Waals surface area contributed by atoms with Gasteiger partial charge in [0.05, 0.1) is 42.9 Å². The second kappa shape index (κ2) is 15.7. The Morgan fingerprint density at radius 3 is 2.12 bits per heavy atom. The highest BCUT2D eigenvalue weighted by atomic mass is 19.1. The van der Waals surface area contributed by atoms with Gasteiger partial charge in [0.2, 0.25) is 17.8 Å². The molecule has 2 bridgehead atoms. The number of hydrogen-bond donors (Lipinski definition) is 4. The maximum Gasteiger partial charge on any atom is 0.407 e. The first-order valence-electron chi connectivity index (χ1n) is 19.5. The van der Waals surface area contributed by atoms with E-state index in [-0.39, 0.29) is 42.2 Å². The average molecular weight is 759 g/mol. The lowest BCUT2D eigenvalue weighted by molar-refractivity contribution is -0.135. The Labute approximate surface area is 325 Å². The zero-order valence-electron chi connectivity index (χ0n) is 31.8. The number of alkyl carbamates (subject to hydrolysis) is 1. The molecule has 4 heterocycles. The molecule has 56 heavy (non-hydrogen) atoms. The predicted molar refractivity (Wildman–Crippen MR) is 208 cm³/mol. The third-order valence-corrected chi connectivity index (χ3v) is 12.0. The van der Waals surface area contributed by atoms with Crippen LogP contribution in [-0.2, 0) is 20.9 Å². The van der Waals surface area contributed by atoms with Gasteiger partial charge in [0, 0.05) is 30.8 Å². The molecule has 3 fully saturated rings. The number of benzene rings is 2. The third-order valence-electron chi connectivity index (χ3n) is 12.0. The second-order valence-corrected chi connectivity index (χ2v) is 15.6. The van der Waals surface area contributed by atoms with E-state index in [1.165, 1.54) is 13.3 Å². The van der Waals surface area contributed by atoms with Gasteiger partial charge in [0.25, 0.3) is 0 Å². The number of aromatic amines is 2. The zero-order valence-corrected chi connectivity index (χ0v) is 31.8. The SMILES string of the molecule is COC(=O)N[C@H](C(=O)N1CCC[C@H]1c1ncc(-c2ccc(-c3ccc(-c4cnc(C5C6CCC(C6)C5C(=O)NCc5cccnc5F)[nH]4)cc3)cc2)[nH]1)C(C)C. The Kier molecular flexibility index (Phi) is 10.4. The molecule has 2 aliphatic carbocycles. The van der Waals surface area contributed by atoms with Gasteiger partial charge in [0.15, 0.2) is 0 Å². The number of amides is 3. The summed E-state index contributed by atoms with van der Waals surface area (Å²) in [5.41, 5.74) is 6.26. The highest BCUT2D eigenvalue weighted by Crippen LogP contribution is 2.56. The smallest absolute Gasteiger partial charge is 0.407 e. The number of rotatable bonds is 11. The van der Waals surface area contributed by atoms with Crippen molar-refractivity contribution >= 4 is 17.9 Å². The fourth-order valence-corrected chi connectivity index (χ4v) is 9.10. The van der Waals surface area contributed by atoms with Gasteiger partial charge in [-0.2, -0.15) is 4.39 Å². The van der Waals surface area contributed by atoms with Crippen LogP contribution >= 0.6 is 0 Å². The Hall–Kier alpha value is -5.85. The molecule has 4 N–H and O–H groups in total. The summed E-state index contributed by atoms with van der Waals surface area (Å²) in [5, 5.41) is 5.67. The summed E-state index contributed by atoms with van der Waals surface area (Å²) >= 11 is 0. The molecule has 4 unspecified atom stereocenters. The molecule has 2 saturated carbocycles. The number of H-pyrrole nitrogens is 2. The van der Waals surface area contributed by atoms with Gasteiger partial charge in [-0.3, -0.25) is 9.59 Å². The van der Waals surface area contributed by atoms with Gasteiger partial charge < -0.3 is 30.2 Å². The van der Waals surface area contributed by atoms with Gasteiger partial charge in [-0.05, 0) is 78.2 Å². The largest absolute Gasteiger partial charge is 0.453 e. The molecule has 6 atom stereocenters. The zero-order chi connectivity index (χ0) is 38.9. The first kappa shape index (κ1) is 37.1. The van der Waals surface area contributed by atoms with E-state index in [9.17, 15) is 18.8 Å². The molecular formula is C43H47FN8O4. The molecule has 1 aliphatic heterocycles. The minimum Gasteiger partial charge on any atom is -0.453 e. The van der Waals surface area contributed by atoms with Crippen molar-refractivity contribution in [1.29, 1.82) is 0 Å². The van der Waals surface area contributed by atoms with Crippen LogP contribution in [0.25, 0.3) is 33.6 Å². The fourth-order valence-electron chi connectivity index (χ4n) is 9.10. The van der Waals surface area contributed by atoms with Gasteiger partial charge >= 0.3 is 6.09 Å². The van der Waals surface area contributed by atoms with Crippen LogP contribution in [0.4, 0.5) is 9.18 Å². The first-order valence-corrected chi connectivity index (χ1v) is 19.5. The van der Waals surface area contributed by atoms with Crippen molar-refractivity contribution in [2.24, 2.45) is 23.7 Å². The van der Waals surface area contributed by atoms with E-state index in [0.717, 1.165) is 77.4 Å². The van der Waals surface area contributed by atoms with Crippen molar-refractivity contribution in [3.8, 4) is 33.6 Å². The van der Waals surface area contributed by atoms with Crippen LogP contribution in [0, 0.1) is 29.6 Å². The number of ether oxygens (including phenoxy) is 1. The van der Waals surface area contributed by atoms with Crippen molar-refractivity contribution in [3.05, 3.63) is 102 Å². The minimum absolute atomic E-state index is 0.00264. The molecule has 3 aliphatic rings. The molecule has 1 saturated heterocycles. The van der Waals surface area contributed by atoms with E-state index in [1.807, 2.05) is 24.9 Å². The molecule has 290 valence electrons. The van der Waals surface area contributed by atoms with E-state index in [1.54, 1.807) is 18.3 Å². The van der Waals surface area contributed by atoms with Gasteiger partial charge in [0.1, 0.15) is 17.7 Å². The summed E-state index contributed by atoms with van der Waals surface area (Å²) in [6, 6.07) is 19.1. The molecule has 12 nitrogen and oxygen atoms in total. The molecule has 3 amide bonds. The summed E-state index contributed by atoms with van der Waals surface area (Å²) in [5.74, 6) is 1.20. The fraction of sp³-hybridized carbons (Fsp3) is 0.395. The van der Waals surface area contributed by atoms with Crippen molar-refractivity contribution in [1.82, 2.24) is 40.5 Å². The molecule has 3 aromatic heterocycles. The second-order valence-electron chi connectivity index (χ2n) is 15.6. The predicted octanol–water partition coefficient (Wildman–Crippen LogP) is 7.16. The number of nitrogens with one attached hydrogen (secondary N) is 4. The minimum atomic E-state index is -0.686. The molecule has 2 aromatic carbocycles. The topological polar surface area (TPSA) is 158 Å². The number of carbonyl (C=O) groups excluding carboxylic acids is 3. The van der Waals surface area contributed by atoms with Crippen molar-refractivity contribution in [2.75, 3.05) is 13.7 Å². The van der Waals surface area contributed by atoms with Crippen LogP contribution in [0.5, 0.6) is 0 Å². The summed E-state index contributed by atoms with van der Waals surface area (Å²) in [6.45, 7) is 4.51. The molecule has 0 spiro atoms. The molecular weight excluding hydrogens is 712 g/mol. The normalized spacial score (nSPS) is 22.0. The van der Waals surface area contributed by atoms with Crippen LogP contribution in [0.1, 0.15) is 75.1 Å². The number of pyridine rings is 1. The lowest BCUT2D eigenvalue weighted by Crippen LogP contribution is -2.51. The van der Waals surface area contributed by atoms with Crippen molar-refractivity contribution < 1.29 is 23.5 Å². The number of nitrogens with zero attached hydrogens (tertiary/aromatic N) is 4. The molecule has 5 aromatic rings. The van der Waals surface area contributed by atoms with Crippen LogP contribution < -0.4 is 10.6 Å². The summed E-state index contributed by atoms with van der Waals surface area (Å²) in [7, 11) is 1.29. The monoisotopic (exact) mass is 758 g/mol. The lowest BCUT2D eigenvalue weighted by atomic mass is 9.78. The van der Waals surface area contributed by atoms with Crippen molar-refractivity contribution in [3.63, 3.8) is 0 Å². The van der Waals surface area contributed by atoms with Gasteiger partial charge in [-0.25, -0.2) is 19.7 Å². The molecule has 13 heteroatoms. The Balaban J connectivity index is 0.918. The standard InChI is InChI=1S/C43H47FN8O4/c1-24(2)37(51-43(55)56-3)42(54)52-19-5-7-34(52)39-46-22-32(49-39)27-12-8-25(9-13-27)26-10-14-28(15-11-26)33-23-47-40(50-33)35-29-16-17-30(20-29)36(35)41(53)48-21-31-6-4-18-45-38(31)44/h4,6,8-15,18,22-24,29-30,34-37H,5,7,16-17,19-21H2,1-3H3,(H,46,49)(H,47,50)(H,48,53)(H,51,55)/t29?,30?,34-,35?,36?,37-/m0/s1. The van der Waals surface area contributed by atoms with E-state index >= 15 is 0 Å². The van der Waals surface area contributed by atoms with E-state index < -0.39 is 18.1 Å². The van der Waals surface area contributed by atoms with Gasteiger partial charge in [-0.15, -0.1) is 0 Å². The quantitative estimate of drug-likeness (QED) is 0.104. The Bertz CT molecular complexity index is 2200. The molecule has 8 rings (SSSR count). The van der Waals surface area contributed by atoms with E-state index in [0.29, 0.717) is 23.9 Å². The number of aromatic nitrogens is 5. The maximum absolute atomic E-state index is 14.1. The van der Waals surface area contributed by atoms with Crippen LogP contribution in [-0.4, -0.2) is 67.4 Å². The highest BCUT2D eigenvalue weighted by Gasteiger charge is 2.52. The number of carbonyl (C=O) groups is 3. The van der Waals surface area contributed by atoms with E-state index in [4.69, 9.17) is 9.72 Å². The summed E-state index contributed by atoms with van der Waals surface area (Å²) in [6.07, 6.45) is 9.19. The number of fused-ring (bicyclic) bond motifs is 2. The highest BCUT2D eigenvalue weighted by molar-refractivity contribution is 5.86.